The van der Waals surface area contributed by atoms with Gasteiger partial charge in [0.1, 0.15) is 6.54 Å². The highest BCUT2D eigenvalue weighted by Crippen LogP contribution is 2.32. The molecule has 0 saturated carbocycles. The minimum Gasteiger partial charge on any atom is -0.493 e. The average molecular weight is 573 g/mol. The van der Waals surface area contributed by atoms with Crippen LogP contribution in [0.1, 0.15) is 19.4 Å². The molecule has 4 rings (SSSR count). The van der Waals surface area contributed by atoms with Crippen molar-refractivity contribution in [1.82, 2.24) is 14.5 Å². The van der Waals surface area contributed by atoms with Gasteiger partial charge in [-0.2, -0.15) is 0 Å². The van der Waals surface area contributed by atoms with Crippen molar-refractivity contribution in [3.8, 4) is 39.9 Å². The Hall–Kier alpha value is -4.99. The molecule has 42 heavy (non-hydrogen) atoms. The van der Waals surface area contributed by atoms with Gasteiger partial charge in [-0.1, -0.05) is 36.4 Å². The maximum absolute atomic E-state index is 13.4. The van der Waals surface area contributed by atoms with Gasteiger partial charge in [0.25, 0.3) is 0 Å². The molecule has 10 heteroatoms. The number of rotatable bonds is 12. The summed E-state index contributed by atoms with van der Waals surface area (Å²) in [6.07, 6.45) is 1.94. The summed E-state index contributed by atoms with van der Waals surface area (Å²) >= 11 is 0. The molecule has 0 saturated heterocycles. The number of carbonyl (C=O) groups is 2. The van der Waals surface area contributed by atoms with E-state index in [1.54, 1.807) is 57.3 Å². The first-order valence-corrected chi connectivity index (χ1v) is 13.4. The first-order chi connectivity index (χ1) is 20.3. The van der Waals surface area contributed by atoms with Crippen LogP contribution in [-0.4, -0.2) is 67.3 Å². The number of nitrogens with zero attached hydrogens (tertiary/aromatic N) is 3. The molecule has 0 aliphatic carbocycles. The lowest BCUT2D eigenvalue weighted by atomic mass is 10.1. The second-order valence-electron chi connectivity index (χ2n) is 9.75. The Morgan fingerprint density at radius 2 is 1.45 bits per heavy atom. The molecule has 0 spiro atoms. The van der Waals surface area contributed by atoms with E-state index in [9.17, 15) is 9.59 Å². The predicted molar refractivity (Wildman–Crippen MR) is 161 cm³/mol. The average Bonchev–Trinajstić information content (AvgIpc) is 3.43. The molecule has 0 aliphatic rings. The van der Waals surface area contributed by atoms with Crippen molar-refractivity contribution in [3.63, 3.8) is 0 Å². The first kappa shape index (κ1) is 30.0. The molecule has 0 unspecified atom stereocenters. The quantitative estimate of drug-likeness (QED) is 0.255. The van der Waals surface area contributed by atoms with Crippen LogP contribution in [0.25, 0.3) is 16.9 Å². The predicted octanol–water partition coefficient (Wildman–Crippen LogP) is 4.99. The zero-order valence-electron chi connectivity index (χ0n) is 24.7. The van der Waals surface area contributed by atoms with Gasteiger partial charge in [0.05, 0.1) is 46.2 Å². The Morgan fingerprint density at radius 1 is 0.833 bits per heavy atom. The van der Waals surface area contributed by atoms with Crippen LogP contribution in [0.5, 0.6) is 23.0 Å². The Bertz CT molecular complexity index is 1530. The zero-order valence-corrected chi connectivity index (χ0v) is 24.7. The molecular weight excluding hydrogens is 536 g/mol. The molecule has 0 aliphatic heterocycles. The third-order valence-corrected chi connectivity index (χ3v) is 6.73. The van der Waals surface area contributed by atoms with E-state index in [0.717, 1.165) is 11.1 Å². The van der Waals surface area contributed by atoms with Crippen molar-refractivity contribution in [1.29, 1.82) is 0 Å². The summed E-state index contributed by atoms with van der Waals surface area (Å²) < 4.78 is 23.3. The van der Waals surface area contributed by atoms with Gasteiger partial charge in [-0.25, -0.2) is 4.98 Å². The van der Waals surface area contributed by atoms with Gasteiger partial charge >= 0.3 is 0 Å². The number of hydrogen-bond acceptors (Lipinski definition) is 7. The Labute approximate surface area is 245 Å². The maximum atomic E-state index is 13.4. The van der Waals surface area contributed by atoms with E-state index in [4.69, 9.17) is 23.9 Å². The highest BCUT2D eigenvalue weighted by atomic mass is 16.5. The highest BCUT2D eigenvalue weighted by molar-refractivity contribution is 5.94. The Balaban J connectivity index is 1.59. The molecular formula is C32H36N4O6. The van der Waals surface area contributed by atoms with E-state index in [1.165, 1.54) is 4.90 Å². The molecule has 0 radical (unpaired) electrons. The second-order valence-corrected chi connectivity index (χ2v) is 9.75. The van der Waals surface area contributed by atoms with Gasteiger partial charge in [-0.3, -0.25) is 19.5 Å². The number of imidazole rings is 1. The van der Waals surface area contributed by atoms with Crippen LogP contribution < -0.4 is 24.3 Å². The summed E-state index contributed by atoms with van der Waals surface area (Å²) in [6.45, 7) is 3.60. The fourth-order valence-corrected chi connectivity index (χ4v) is 4.53. The lowest BCUT2D eigenvalue weighted by molar-refractivity contribution is -0.135. The van der Waals surface area contributed by atoms with Crippen LogP contribution in [0, 0.1) is 0 Å². The van der Waals surface area contributed by atoms with Crippen LogP contribution in [0.2, 0.25) is 0 Å². The molecule has 1 heterocycles. The maximum Gasteiger partial charge on any atom is 0.246 e. The zero-order chi connectivity index (χ0) is 30.2. The third kappa shape index (κ3) is 6.83. The minimum absolute atomic E-state index is 0.101. The minimum atomic E-state index is -0.378. The molecule has 1 N–H and O–H groups in total. The topological polar surface area (TPSA) is 104 Å². The van der Waals surface area contributed by atoms with Crippen molar-refractivity contribution in [2.75, 3.05) is 40.3 Å². The smallest absolute Gasteiger partial charge is 0.246 e. The Morgan fingerprint density at radius 3 is 2.07 bits per heavy atom. The largest absolute Gasteiger partial charge is 0.493 e. The van der Waals surface area contributed by atoms with Crippen molar-refractivity contribution >= 4 is 17.8 Å². The lowest BCUT2D eigenvalue weighted by Crippen LogP contribution is -2.43. The van der Waals surface area contributed by atoms with Crippen molar-refractivity contribution < 1.29 is 28.5 Å². The summed E-state index contributed by atoms with van der Waals surface area (Å²) in [5, 5.41) is 2.91. The lowest BCUT2D eigenvalue weighted by Gasteiger charge is -2.26. The van der Waals surface area contributed by atoms with Gasteiger partial charge in [0.2, 0.25) is 17.8 Å². The van der Waals surface area contributed by atoms with E-state index in [2.05, 4.69) is 5.32 Å². The molecule has 1 aromatic heterocycles. The molecule has 10 nitrogen and oxygen atoms in total. The normalized spacial score (nSPS) is 10.7. The summed E-state index contributed by atoms with van der Waals surface area (Å²) in [7, 11) is 6.23. The summed E-state index contributed by atoms with van der Waals surface area (Å²) in [6, 6.07) is 20.2. The van der Waals surface area contributed by atoms with Crippen LogP contribution >= 0.6 is 0 Å². The van der Waals surface area contributed by atoms with Crippen LogP contribution in [-0.2, 0) is 16.0 Å². The number of benzene rings is 3. The van der Waals surface area contributed by atoms with Crippen molar-refractivity contribution in [2.24, 2.45) is 0 Å². The standard InChI is InChI=1S/C32H36N4O6/c1-21(2)35(31(38)17-22-12-14-26(39-3)28(16-22)41-5)20-30(37)34-32-33-25(23-10-8-7-9-11-23)19-36(32)24-13-15-27(40-4)29(18-24)42-6/h7-16,18-19,21H,17,20H2,1-6H3,(H,33,34,37). The summed E-state index contributed by atoms with van der Waals surface area (Å²) in [5.74, 6) is 1.96. The molecule has 3 aromatic carbocycles. The fraction of sp³-hybridized carbons (Fsp3) is 0.281. The van der Waals surface area contributed by atoms with Gasteiger partial charge < -0.3 is 23.8 Å². The van der Waals surface area contributed by atoms with Crippen LogP contribution in [0.15, 0.2) is 72.9 Å². The monoisotopic (exact) mass is 572 g/mol. The highest BCUT2D eigenvalue weighted by Gasteiger charge is 2.23. The number of nitrogens with one attached hydrogen (secondary N) is 1. The molecule has 0 fully saturated rings. The number of carbonyl (C=O) groups excluding carboxylic acids is 2. The third-order valence-electron chi connectivity index (χ3n) is 6.73. The summed E-state index contributed by atoms with van der Waals surface area (Å²) in [5.41, 5.74) is 3.02. The number of aromatic nitrogens is 2. The molecule has 0 atom stereocenters. The first-order valence-electron chi connectivity index (χ1n) is 13.4. The van der Waals surface area contributed by atoms with E-state index in [-0.39, 0.29) is 30.8 Å². The SMILES string of the molecule is COc1ccc(CC(=O)N(CC(=O)Nc2nc(-c3ccccc3)cn2-c2ccc(OC)c(OC)c2)C(C)C)cc1OC. The molecule has 2 amide bonds. The van der Waals surface area contributed by atoms with E-state index >= 15 is 0 Å². The number of methoxy groups -OCH3 is 4. The van der Waals surface area contributed by atoms with Gasteiger partial charge in [0.15, 0.2) is 23.0 Å². The fourth-order valence-electron chi connectivity index (χ4n) is 4.53. The number of ether oxygens (including phenoxy) is 4. The van der Waals surface area contributed by atoms with Crippen molar-refractivity contribution in [2.45, 2.75) is 26.3 Å². The van der Waals surface area contributed by atoms with Gasteiger partial charge in [-0.15, -0.1) is 0 Å². The Kier molecular flexibility index (Phi) is 9.69. The van der Waals surface area contributed by atoms with Gasteiger partial charge in [-0.05, 0) is 43.7 Å². The molecule has 4 aromatic rings. The molecule has 220 valence electrons. The number of amides is 2. The number of hydrogen-bond donors (Lipinski definition) is 1. The van der Waals surface area contributed by atoms with E-state index < -0.39 is 0 Å². The summed E-state index contributed by atoms with van der Waals surface area (Å²) in [4.78, 5) is 33.0. The van der Waals surface area contributed by atoms with Crippen LogP contribution in [0.4, 0.5) is 5.95 Å². The van der Waals surface area contributed by atoms with Crippen molar-refractivity contribution in [3.05, 3.63) is 78.5 Å². The molecule has 0 bridgehead atoms. The van der Waals surface area contributed by atoms with Crippen LogP contribution in [0.3, 0.4) is 0 Å². The number of anilines is 1. The van der Waals surface area contributed by atoms with E-state index in [1.807, 2.05) is 62.5 Å². The second kappa shape index (κ2) is 13.6. The van der Waals surface area contributed by atoms with Gasteiger partial charge in [0, 0.05) is 23.9 Å². The van der Waals surface area contributed by atoms with E-state index in [0.29, 0.717) is 40.3 Å².